The van der Waals surface area contributed by atoms with Gasteiger partial charge in [0.25, 0.3) is 0 Å². The van der Waals surface area contributed by atoms with Crippen LogP contribution in [0.2, 0.25) is 0 Å². The highest BCUT2D eigenvalue weighted by Crippen LogP contribution is 2.13. The first-order valence-electron chi connectivity index (χ1n) is 20.2. The Kier molecular flexibility index (Phi) is 47.2. The quantitative estimate of drug-likeness (QED) is 0.0547. The van der Waals surface area contributed by atoms with Gasteiger partial charge in [0.2, 0.25) is 0 Å². The number of rotatable bonds is 47. The molecule has 0 unspecified atom stereocenters. The van der Waals surface area contributed by atoms with Crippen molar-refractivity contribution in [2.45, 2.75) is 96.8 Å². The summed E-state index contributed by atoms with van der Waals surface area (Å²) in [5.41, 5.74) is 0. The van der Waals surface area contributed by atoms with E-state index in [1.54, 1.807) is 7.11 Å². The molecular weight excluding hydrogens is 676 g/mol. The van der Waals surface area contributed by atoms with Crippen LogP contribution >= 0.6 is 0 Å². The first-order valence-corrected chi connectivity index (χ1v) is 20.2. The van der Waals surface area contributed by atoms with Gasteiger partial charge in [-0.25, -0.2) is 0 Å². The average Bonchev–Trinajstić information content (AvgIpc) is 3.15. The molecule has 0 rings (SSSR count). The molecular formula is C39H78O13. The Labute approximate surface area is 316 Å². The Bertz CT molecular complexity index is 660. The van der Waals surface area contributed by atoms with E-state index < -0.39 is 0 Å². The second-order valence-electron chi connectivity index (χ2n) is 12.3. The number of methoxy groups -OCH3 is 1. The van der Waals surface area contributed by atoms with Crippen LogP contribution in [0, 0.1) is 0 Å². The van der Waals surface area contributed by atoms with Gasteiger partial charge in [-0.15, -0.1) is 0 Å². The maximum atomic E-state index is 11.9. The zero-order valence-corrected chi connectivity index (χ0v) is 33.3. The van der Waals surface area contributed by atoms with E-state index in [0.29, 0.717) is 145 Å². The lowest BCUT2D eigenvalue weighted by atomic mass is 10.0. The van der Waals surface area contributed by atoms with Crippen molar-refractivity contribution in [2.24, 2.45) is 0 Å². The summed E-state index contributed by atoms with van der Waals surface area (Å²) in [4.78, 5) is 11.9. The van der Waals surface area contributed by atoms with Crippen LogP contribution in [0.5, 0.6) is 0 Å². The Balaban J connectivity index is 3.12. The highest BCUT2D eigenvalue weighted by atomic mass is 16.6. The van der Waals surface area contributed by atoms with Crippen LogP contribution in [0.15, 0.2) is 0 Å². The molecule has 13 heteroatoms. The van der Waals surface area contributed by atoms with Gasteiger partial charge < -0.3 is 56.8 Å². The summed E-state index contributed by atoms with van der Waals surface area (Å²) in [6, 6.07) is 0. The second-order valence-corrected chi connectivity index (χ2v) is 12.3. The number of carbonyl (C=O) groups is 1. The number of hydrogen-bond acceptors (Lipinski definition) is 13. The number of esters is 1. The van der Waals surface area contributed by atoms with Gasteiger partial charge in [-0.2, -0.15) is 0 Å². The molecule has 0 N–H and O–H groups in total. The Morgan fingerprint density at radius 3 is 0.808 bits per heavy atom. The summed E-state index contributed by atoms with van der Waals surface area (Å²) >= 11 is 0. The minimum atomic E-state index is -0.131. The van der Waals surface area contributed by atoms with E-state index in [2.05, 4.69) is 6.92 Å². The molecule has 0 radical (unpaired) electrons. The van der Waals surface area contributed by atoms with Crippen molar-refractivity contribution in [2.75, 3.05) is 152 Å². The van der Waals surface area contributed by atoms with Crippen molar-refractivity contribution in [3.05, 3.63) is 0 Å². The molecule has 0 amide bonds. The SMILES string of the molecule is CCCCCCCCCCCCCCCC(=O)OCCOCCOCCOCCOCCOCCOCCOCCOCCOCCOCCOC. The van der Waals surface area contributed by atoms with E-state index in [1.807, 2.05) is 0 Å². The summed E-state index contributed by atoms with van der Waals surface area (Å²) in [5, 5.41) is 0. The lowest BCUT2D eigenvalue weighted by Crippen LogP contribution is -2.15. The molecule has 52 heavy (non-hydrogen) atoms. The highest BCUT2D eigenvalue weighted by molar-refractivity contribution is 5.69. The first-order chi connectivity index (χ1) is 25.8. The minimum Gasteiger partial charge on any atom is -0.463 e. The van der Waals surface area contributed by atoms with E-state index >= 15 is 0 Å². The Morgan fingerprint density at radius 2 is 0.538 bits per heavy atom. The normalized spacial score (nSPS) is 11.5. The Morgan fingerprint density at radius 1 is 0.308 bits per heavy atom. The molecule has 0 aliphatic heterocycles. The van der Waals surface area contributed by atoms with Gasteiger partial charge in [-0.05, 0) is 6.42 Å². The van der Waals surface area contributed by atoms with Crippen molar-refractivity contribution in [1.29, 1.82) is 0 Å². The maximum absolute atomic E-state index is 11.9. The first kappa shape index (κ1) is 51.0. The molecule has 0 atom stereocenters. The van der Waals surface area contributed by atoms with Crippen molar-refractivity contribution in [3.8, 4) is 0 Å². The largest absolute Gasteiger partial charge is 0.463 e. The molecule has 312 valence electrons. The molecule has 0 aromatic heterocycles. The molecule has 0 fully saturated rings. The fourth-order valence-corrected chi connectivity index (χ4v) is 4.80. The van der Waals surface area contributed by atoms with E-state index in [0.717, 1.165) is 12.8 Å². The van der Waals surface area contributed by atoms with E-state index in [1.165, 1.54) is 70.6 Å². The maximum Gasteiger partial charge on any atom is 0.305 e. The van der Waals surface area contributed by atoms with Crippen LogP contribution in [0.3, 0.4) is 0 Å². The van der Waals surface area contributed by atoms with Crippen molar-refractivity contribution < 1.29 is 61.6 Å². The van der Waals surface area contributed by atoms with Crippen LogP contribution in [0.1, 0.15) is 96.8 Å². The predicted molar refractivity (Wildman–Crippen MR) is 201 cm³/mol. The van der Waals surface area contributed by atoms with E-state index in [4.69, 9.17) is 56.8 Å². The lowest BCUT2D eigenvalue weighted by Gasteiger charge is -2.09. The molecule has 0 bridgehead atoms. The van der Waals surface area contributed by atoms with Gasteiger partial charge in [0, 0.05) is 13.5 Å². The summed E-state index contributed by atoms with van der Waals surface area (Å²) < 4.78 is 64.7. The molecule has 0 aromatic carbocycles. The molecule has 0 aliphatic carbocycles. The molecule has 0 saturated heterocycles. The average molecular weight is 755 g/mol. The van der Waals surface area contributed by atoms with Crippen LogP contribution in [-0.2, 0) is 61.6 Å². The third-order valence-electron chi connectivity index (χ3n) is 7.76. The third kappa shape index (κ3) is 47.1. The molecule has 13 nitrogen and oxygen atoms in total. The van der Waals surface area contributed by atoms with Gasteiger partial charge in [-0.1, -0.05) is 84.0 Å². The van der Waals surface area contributed by atoms with Crippen molar-refractivity contribution in [3.63, 3.8) is 0 Å². The highest BCUT2D eigenvalue weighted by Gasteiger charge is 2.03. The fraction of sp³-hybridized carbons (Fsp3) is 0.974. The van der Waals surface area contributed by atoms with Gasteiger partial charge in [0.15, 0.2) is 0 Å². The third-order valence-corrected chi connectivity index (χ3v) is 7.76. The number of carbonyl (C=O) groups excluding carboxylic acids is 1. The molecule has 0 saturated carbocycles. The molecule has 0 aromatic rings. The van der Waals surface area contributed by atoms with E-state index in [9.17, 15) is 4.79 Å². The number of hydrogen-bond donors (Lipinski definition) is 0. The molecule has 0 spiro atoms. The van der Waals surface area contributed by atoms with Crippen LogP contribution in [-0.4, -0.2) is 158 Å². The number of ether oxygens (including phenoxy) is 12. The topological polar surface area (TPSA) is 128 Å². The fourth-order valence-electron chi connectivity index (χ4n) is 4.80. The van der Waals surface area contributed by atoms with Gasteiger partial charge >= 0.3 is 5.97 Å². The standard InChI is InChI=1S/C39H78O13/c1-3-4-5-6-7-8-9-10-11-12-13-14-15-16-39(40)52-38-37-51-36-35-50-34-33-49-32-31-48-30-29-47-28-27-46-26-25-45-24-23-44-22-21-43-20-19-42-18-17-41-2/h3-38H2,1-2H3. The van der Waals surface area contributed by atoms with Crippen LogP contribution in [0.4, 0.5) is 0 Å². The lowest BCUT2D eigenvalue weighted by molar-refractivity contribution is -0.145. The van der Waals surface area contributed by atoms with Crippen LogP contribution < -0.4 is 0 Å². The van der Waals surface area contributed by atoms with Crippen molar-refractivity contribution >= 4 is 5.97 Å². The van der Waals surface area contributed by atoms with Gasteiger partial charge in [0.05, 0.1) is 139 Å². The summed E-state index contributed by atoms with van der Waals surface area (Å²) in [5.74, 6) is -0.131. The molecule has 0 aliphatic rings. The van der Waals surface area contributed by atoms with Gasteiger partial charge in [-0.3, -0.25) is 4.79 Å². The Hall–Kier alpha value is -0.970. The van der Waals surface area contributed by atoms with Crippen molar-refractivity contribution in [1.82, 2.24) is 0 Å². The smallest absolute Gasteiger partial charge is 0.305 e. The summed E-state index contributed by atoms with van der Waals surface area (Å²) in [6.07, 6.45) is 17.3. The minimum absolute atomic E-state index is 0.131. The monoisotopic (exact) mass is 755 g/mol. The molecule has 0 heterocycles. The zero-order valence-electron chi connectivity index (χ0n) is 33.3. The zero-order chi connectivity index (χ0) is 37.5. The summed E-state index contributed by atoms with van der Waals surface area (Å²) in [6.45, 7) is 13.3. The second kappa shape index (κ2) is 48.0. The van der Waals surface area contributed by atoms with Gasteiger partial charge in [0.1, 0.15) is 6.61 Å². The van der Waals surface area contributed by atoms with E-state index in [-0.39, 0.29) is 12.6 Å². The van der Waals surface area contributed by atoms with Crippen LogP contribution in [0.25, 0.3) is 0 Å². The number of unbranched alkanes of at least 4 members (excludes halogenated alkanes) is 12. The predicted octanol–water partition coefficient (Wildman–Crippen LogP) is 5.82. The summed E-state index contributed by atoms with van der Waals surface area (Å²) in [7, 11) is 1.65.